The number of non-ortho nitro benzene ring substituents is 1. The van der Waals surface area contributed by atoms with Gasteiger partial charge in [0.25, 0.3) is 0 Å². The van der Waals surface area contributed by atoms with Crippen molar-refractivity contribution >= 4 is 5.69 Å². The summed E-state index contributed by atoms with van der Waals surface area (Å²) < 4.78 is 12.5. The molecule has 0 heterocycles. The van der Waals surface area contributed by atoms with Crippen LogP contribution >= 0.6 is 0 Å². The number of benzene rings is 1. The summed E-state index contributed by atoms with van der Waals surface area (Å²) in [4.78, 5) is 9.64. The first-order valence-electron chi connectivity index (χ1n) is 2.74. The van der Waals surface area contributed by atoms with Crippen LogP contribution in [-0.4, -0.2) is 4.92 Å². The number of hydrogen-bond donors (Lipinski definition) is 0. The number of rotatable bonds is 2. The summed E-state index contributed by atoms with van der Waals surface area (Å²) in [5.74, 6) is 0. The minimum absolute atomic E-state index is 0.0418. The van der Waals surface area contributed by atoms with E-state index < -0.39 is 26.7 Å². The number of nitrogens with zero attached hydrogens (tertiary/aromatic N) is 1. The van der Waals surface area contributed by atoms with Gasteiger partial charge in [0.05, 0.1) is 0 Å². The second-order valence-corrected chi connectivity index (χ2v) is 3.46. The van der Waals surface area contributed by atoms with Gasteiger partial charge in [-0.25, -0.2) is 0 Å². The summed E-state index contributed by atoms with van der Waals surface area (Å²) >= 11 is -1.54. The number of nitro benzene ring substituents is 1. The zero-order valence-electron chi connectivity index (χ0n) is 5.33. The van der Waals surface area contributed by atoms with Crippen LogP contribution in [0.3, 0.4) is 0 Å². The molecule has 3 nitrogen and oxygen atoms in total. The van der Waals surface area contributed by atoms with E-state index in [4.69, 9.17) is 0 Å². The second-order valence-electron chi connectivity index (χ2n) is 1.81. The van der Waals surface area contributed by atoms with Crippen molar-refractivity contribution in [1.82, 2.24) is 0 Å². The molecule has 0 aliphatic heterocycles. The molecule has 0 radical (unpaired) electrons. The van der Waals surface area contributed by atoms with Crippen LogP contribution in [0.1, 0.15) is 0 Å². The Morgan fingerprint density at radius 1 is 1.55 bits per heavy atom. The first-order chi connectivity index (χ1) is 5.24. The van der Waals surface area contributed by atoms with Crippen molar-refractivity contribution in [2.24, 2.45) is 0 Å². The first kappa shape index (κ1) is 8.38. The van der Waals surface area contributed by atoms with Gasteiger partial charge < -0.3 is 0 Å². The summed E-state index contributed by atoms with van der Waals surface area (Å²) in [5, 5.41) is 10.2. The Morgan fingerprint density at radius 3 is 2.82 bits per heavy atom. The molecule has 0 bridgehead atoms. The molecule has 5 heteroatoms. The second kappa shape index (κ2) is 3.61. The van der Waals surface area contributed by atoms with E-state index in [0.29, 0.717) is 3.57 Å². The molecule has 0 saturated heterocycles. The molecule has 0 aliphatic carbocycles. The SMILES string of the molecule is O=[N+]([O-])c1cccc([I-]F)c1. The van der Waals surface area contributed by atoms with Crippen LogP contribution in [0.5, 0.6) is 0 Å². The van der Waals surface area contributed by atoms with E-state index in [1.54, 1.807) is 6.07 Å². The molecule has 0 unspecified atom stereocenters. The molecule has 1 aromatic rings. The third-order valence-electron chi connectivity index (χ3n) is 1.10. The molecule has 0 amide bonds. The predicted octanol–water partition coefficient (Wildman–Crippen LogP) is -1.26. The molecule has 0 atom stereocenters. The Morgan fingerprint density at radius 2 is 2.27 bits per heavy atom. The Labute approximate surface area is 73.4 Å². The van der Waals surface area contributed by atoms with E-state index in [1.165, 1.54) is 18.2 Å². The Balaban J connectivity index is 3.01. The molecule has 0 aliphatic rings. The average molecular weight is 268 g/mol. The number of halogens is 2. The van der Waals surface area contributed by atoms with Crippen molar-refractivity contribution in [1.29, 1.82) is 0 Å². The average Bonchev–Trinajstić information content (AvgIpc) is 2.05. The molecular weight excluding hydrogens is 264 g/mol. The molecule has 11 heavy (non-hydrogen) atoms. The minimum atomic E-state index is -1.54. The van der Waals surface area contributed by atoms with Gasteiger partial charge in [0, 0.05) is 0 Å². The molecule has 0 aromatic heterocycles. The van der Waals surface area contributed by atoms with Gasteiger partial charge in [0.2, 0.25) is 0 Å². The van der Waals surface area contributed by atoms with Crippen LogP contribution in [-0.2, 0) is 0 Å². The van der Waals surface area contributed by atoms with Crippen molar-refractivity contribution in [2.75, 3.05) is 0 Å². The molecule has 60 valence electrons. The van der Waals surface area contributed by atoms with E-state index in [-0.39, 0.29) is 5.69 Å². The van der Waals surface area contributed by atoms with Gasteiger partial charge in [-0.1, -0.05) is 0 Å². The van der Waals surface area contributed by atoms with Gasteiger partial charge in [0.15, 0.2) is 0 Å². The molecule has 0 fully saturated rings. The summed E-state index contributed by atoms with van der Waals surface area (Å²) in [6, 6.07) is 5.67. The fourth-order valence-corrected chi connectivity index (χ4v) is 1.41. The summed E-state index contributed by atoms with van der Waals surface area (Å²) in [5.41, 5.74) is -0.0418. The zero-order valence-corrected chi connectivity index (χ0v) is 7.49. The monoisotopic (exact) mass is 268 g/mol. The summed E-state index contributed by atoms with van der Waals surface area (Å²) in [7, 11) is 0. The summed E-state index contributed by atoms with van der Waals surface area (Å²) in [6.45, 7) is 0. The van der Waals surface area contributed by atoms with E-state index in [0.717, 1.165) is 0 Å². The van der Waals surface area contributed by atoms with E-state index in [9.17, 15) is 13.0 Å². The van der Waals surface area contributed by atoms with Gasteiger partial charge in [-0.05, 0) is 0 Å². The van der Waals surface area contributed by atoms with Crippen LogP contribution in [0.4, 0.5) is 8.55 Å². The molecule has 1 rings (SSSR count). The quantitative estimate of drug-likeness (QED) is 0.381. The first-order valence-corrected chi connectivity index (χ1v) is 4.64. The molecular formula is C6H4FINO2-. The normalized spacial score (nSPS) is 9.91. The molecule has 0 N–H and O–H groups in total. The van der Waals surface area contributed by atoms with Crippen LogP contribution in [0, 0.1) is 13.7 Å². The van der Waals surface area contributed by atoms with E-state index >= 15 is 0 Å². The van der Waals surface area contributed by atoms with Crippen LogP contribution in [0.25, 0.3) is 0 Å². The fraction of sp³-hybridized carbons (Fsp3) is 0. The van der Waals surface area contributed by atoms with Crippen molar-refractivity contribution in [3.8, 4) is 0 Å². The van der Waals surface area contributed by atoms with Crippen molar-refractivity contribution < 1.29 is 29.6 Å². The third-order valence-corrected chi connectivity index (χ3v) is 2.24. The van der Waals surface area contributed by atoms with Crippen molar-refractivity contribution in [2.45, 2.75) is 0 Å². The van der Waals surface area contributed by atoms with Gasteiger partial charge >= 0.3 is 73.2 Å². The van der Waals surface area contributed by atoms with E-state index in [2.05, 4.69) is 0 Å². The van der Waals surface area contributed by atoms with Gasteiger partial charge in [-0.2, -0.15) is 0 Å². The van der Waals surface area contributed by atoms with Gasteiger partial charge in [-0.15, -0.1) is 0 Å². The van der Waals surface area contributed by atoms with Gasteiger partial charge in [-0.3, -0.25) is 0 Å². The maximum absolute atomic E-state index is 12.1. The topological polar surface area (TPSA) is 43.1 Å². The van der Waals surface area contributed by atoms with Crippen molar-refractivity contribution in [3.05, 3.63) is 37.9 Å². The Bertz CT molecular complexity index is 279. The van der Waals surface area contributed by atoms with Crippen LogP contribution in [0.15, 0.2) is 24.3 Å². The standard InChI is InChI=1S/C6H4FINO2/c7-8-5-2-1-3-6(4-5)9(10)11/h1-4H/q-1. The predicted molar refractivity (Wildman–Crippen MR) is 32.9 cm³/mol. The fourth-order valence-electron chi connectivity index (χ4n) is 0.634. The number of nitro groups is 1. The summed E-state index contributed by atoms with van der Waals surface area (Å²) in [6.07, 6.45) is 0. The van der Waals surface area contributed by atoms with Crippen LogP contribution in [0.2, 0.25) is 0 Å². The third kappa shape index (κ3) is 2.11. The molecule has 0 spiro atoms. The Kier molecular flexibility index (Phi) is 2.75. The molecule has 0 saturated carbocycles. The Hall–Kier alpha value is -0.720. The van der Waals surface area contributed by atoms with Crippen molar-refractivity contribution in [3.63, 3.8) is 0 Å². The zero-order chi connectivity index (χ0) is 8.27. The van der Waals surface area contributed by atoms with E-state index in [1.807, 2.05) is 0 Å². The maximum atomic E-state index is 12.1. The molecule has 1 aromatic carbocycles. The number of hydrogen-bond acceptors (Lipinski definition) is 2. The van der Waals surface area contributed by atoms with Crippen LogP contribution < -0.4 is 21.8 Å². The van der Waals surface area contributed by atoms with Gasteiger partial charge in [0.1, 0.15) is 0 Å².